The lowest BCUT2D eigenvalue weighted by atomic mass is 10.8. The maximum absolute atomic E-state index is 10.9. The van der Waals surface area contributed by atoms with E-state index in [9.17, 15) is 4.20 Å². The van der Waals surface area contributed by atoms with Crippen LogP contribution < -0.4 is 0 Å². The molecular weight excluding hydrogens is 102 g/mol. The second-order valence-electron chi connectivity index (χ2n) is 0.664. The summed E-state index contributed by atoms with van der Waals surface area (Å²) in [7, 11) is -0.922. The summed E-state index contributed by atoms with van der Waals surface area (Å²) in [6, 6.07) is 0. The third-order valence-corrected chi connectivity index (χ3v) is 0.474. The first-order valence-corrected chi connectivity index (χ1v) is 2.33. The lowest BCUT2D eigenvalue weighted by Crippen LogP contribution is -1.48. The molecule has 0 aliphatic carbocycles. The van der Waals surface area contributed by atoms with Gasteiger partial charge in [0.2, 0.25) is 0 Å². The maximum atomic E-state index is 10.9. The summed E-state index contributed by atoms with van der Waals surface area (Å²) >= 11 is 0. The van der Waals surface area contributed by atoms with Gasteiger partial charge in [-0.3, -0.25) is 0 Å². The highest BCUT2D eigenvalue weighted by Gasteiger charge is 1.65. The molecule has 1 atom stereocenters. The van der Waals surface area contributed by atoms with Crippen LogP contribution in [0.2, 0.25) is 0 Å². The molecule has 3 heteroatoms. The van der Waals surface area contributed by atoms with Crippen molar-refractivity contribution in [2.45, 2.75) is 6.92 Å². The highest BCUT2D eigenvalue weighted by molar-refractivity contribution is 7.25. The summed E-state index contributed by atoms with van der Waals surface area (Å²) in [5.41, 5.74) is 0. The van der Waals surface area contributed by atoms with Crippen molar-refractivity contribution in [2.24, 2.45) is 0 Å². The molecule has 0 spiro atoms. The van der Waals surface area contributed by atoms with Crippen molar-refractivity contribution < 1.29 is 8.72 Å². The fourth-order valence-corrected chi connectivity index (χ4v) is 0.281. The average molecular weight is 108 g/mol. The van der Waals surface area contributed by atoms with Crippen LogP contribution in [0.5, 0.6) is 0 Å². The summed E-state index contributed by atoms with van der Waals surface area (Å²) in [4.78, 5) is 0. The first-order chi connectivity index (χ1) is 2.91. The van der Waals surface area contributed by atoms with Gasteiger partial charge in [0.05, 0.1) is 6.26 Å². The van der Waals surface area contributed by atoms with Crippen molar-refractivity contribution >= 4 is 9.12 Å². The third-order valence-electron chi connectivity index (χ3n) is 0.249. The van der Waals surface area contributed by atoms with Crippen LogP contribution >= 0.6 is 9.12 Å². The monoisotopic (exact) mass is 108 g/mol. The number of halogens is 1. The molecular formula is C3H6FOP. The van der Waals surface area contributed by atoms with Gasteiger partial charge in [-0.2, -0.15) is 4.20 Å². The SMILES string of the molecule is CC=COPF. The van der Waals surface area contributed by atoms with Gasteiger partial charge in [0, 0.05) is 0 Å². The van der Waals surface area contributed by atoms with E-state index in [2.05, 4.69) is 4.52 Å². The van der Waals surface area contributed by atoms with Gasteiger partial charge in [-0.15, -0.1) is 0 Å². The highest BCUT2D eigenvalue weighted by atomic mass is 31.1. The summed E-state index contributed by atoms with van der Waals surface area (Å²) in [5, 5.41) is 0. The van der Waals surface area contributed by atoms with Crippen molar-refractivity contribution in [3.05, 3.63) is 12.3 Å². The third kappa shape index (κ3) is 3.90. The molecule has 6 heavy (non-hydrogen) atoms. The minimum atomic E-state index is -0.922. The summed E-state index contributed by atoms with van der Waals surface area (Å²) < 4.78 is 15.1. The van der Waals surface area contributed by atoms with E-state index in [1.165, 1.54) is 6.26 Å². The molecule has 0 fully saturated rings. The zero-order valence-electron chi connectivity index (χ0n) is 3.44. The first-order valence-electron chi connectivity index (χ1n) is 1.54. The Morgan fingerprint density at radius 3 is 2.67 bits per heavy atom. The molecule has 0 radical (unpaired) electrons. The smallest absolute Gasteiger partial charge is 0.261 e. The number of hydrogen-bond acceptors (Lipinski definition) is 1. The molecule has 0 bridgehead atoms. The number of allylic oxidation sites excluding steroid dienone is 1. The van der Waals surface area contributed by atoms with E-state index in [1.807, 2.05) is 0 Å². The van der Waals surface area contributed by atoms with Gasteiger partial charge in [0.25, 0.3) is 9.12 Å². The molecule has 0 saturated carbocycles. The summed E-state index contributed by atoms with van der Waals surface area (Å²) in [6.45, 7) is 1.76. The maximum Gasteiger partial charge on any atom is 0.261 e. The molecule has 0 rings (SSSR count). The molecule has 36 valence electrons. The van der Waals surface area contributed by atoms with E-state index in [0.29, 0.717) is 0 Å². The molecule has 1 nitrogen and oxygen atoms in total. The van der Waals surface area contributed by atoms with Crippen LogP contribution in [-0.2, 0) is 4.52 Å². The Morgan fingerprint density at radius 2 is 2.50 bits per heavy atom. The van der Waals surface area contributed by atoms with Crippen LogP contribution in [0.25, 0.3) is 0 Å². The van der Waals surface area contributed by atoms with Gasteiger partial charge >= 0.3 is 0 Å². The first kappa shape index (κ1) is 5.90. The quantitative estimate of drug-likeness (QED) is 0.388. The van der Waals surface area contributed by atoms with Crippen LogP contribution in [0, 0.1) is 0 Å². The molecule has 0 aliphatic rings. The molecule has 0 amide bonds. The molecule has 0 aromatic carbocycles. The van der Waals surface area contributed by atoms with Crippen molar-refractivity contribution in [3.63, 3.8) is 0 Å². The minimum absolute atomic E-state index is 0.922. The number of rotatable bonds is 2. The Balaban J connectivity index is 2.66. The second-order valence-corrected chi connectivity index (χ2v) is 1.05. The van der Waals surface area contributed by atoms with E-state index >= 15 is 0 Å². The molecule has 0 aromatic heterocycles. The zero-order valence-corrected chi connectivity index (χ0v) is 4.44. The van der Waals surface area contributed by atoms with E-state index in [0.717, 1.165) is 0 Å². The van der Waals surface area contributed by atoms with Crippen LogP contribution in [0.15, 0.2) is 12.3 Å². The standard InChI is InChI=1S/C3H6FOP/c1-2-3-5-6-4/h2-3,6H,1H3. The lowest BCUT2D eigenvalue weighted by Gasteiger charge is -1.81. The summed E-state index contributed by atoms with van der Waals surface area (Å²) in [6.07, 6.45) is 2.95. The van der Waals surface area contributed by atoms with Gasteiger partial charge in [-0.1, -0.05) is 6.08 Å². The van der Waals surface area contributed by atoms with E-state index in [-0.39, 0.29) is 0 Å². The Morgan fingerprint density at radius 1 is 1.83 bits per heavy atom. The minimum Gasteiger partial charge on any atom is -0.454 e. The van der Waals surface area contributed by atoms with E-state index in [1.54, 1.807) is 13.0 Å². The lowest BCUT2D eigenvalue weighted by molar-refractivity contribution is 0.516. The van der Waals surface area contributed by atoms with E-state index in [4.69, 9.17) is 0 Å². The predicted octanol–water partition coefficient (Wildman–Crippen LogP) is 2.01. The van der Waals surface area contributed by atoms with Gasteiger partial charge < -0.3 is 4.52 Å². The second kappa shape index (κ2) is 4.90. The van der Waals surface area contributed by atoms with Gasteiger partial charge in [0.15, 0.2) is 0 Å². The largest absolute Gasteiger partial charge is 0.454 e. The molecule has 0 aromatic rings. The van der Waals surface area contributed by atoms with Crippen LogP contribution in [0.4, 0.5) is 4.20 Å². The number of hydrogen-bond donors (Lipinski definition) is 0. The van der Waals surface area contributed by atoms with Gasteiger partial charge in [-0.25, -0.2) is 0 Å². The Kier molecular flexibility index (Phi) is 4.82. The fraction of sp³-hybridized carbons (Fsp3) is 0.333. The van der Waals surface area contributed by atoms with Crippen LogP contribution in [-0.4, -0.2) is 0 Å². The highest BCUT2D eigenvalue weighted by Crippen LogP contribution is 2.10. The van der Waals surface area contributed by atoms with Crippen molar-refractivity contribution in [1.29, 1.82) is 0 Å². The topological polar surface area (TPSA) is 9.23 Å². The van der Waals surface area contributed by atoms with Gasteiger partial charge in [0.1, 0.15) is 0 Å². The van der Waals surface area contributed by atoms with Crippen LogP contribution in [0.1, 0.15) is 6.92 Å². The summed E-state index contributed by atoms with van der Waals surface area (Å²) in [5.74, 6) is 0. The van der Waals surface area contributed by atoms with Crippen molar-refractivity contribution in [3.8, 4) is 0 Å². The molecule has 1 unspecified atom stereocenters. The van der Waals surface area contributed by atoms with Crippen molar-refractivity contribution in [1.82, 2.24) is 0 Å². The normalized spacial score (nSPS) is 11.7. The molecule has 0 saturated heterocycles. The fourth-order valence-electron chi connectivity index (χ4n) is 0.0938. The Labute approximate surface area is 38.2 Å². The van der Waals surface area contributed by atoms with Crippen LogP contribution in [0.3, 0.4) is 0 Å². The Hall–Kier alpha value is -0.100. The van der Waals surface area contributed by atoms with Crippen molar-refractivity contribution in [2.75, 3.05) is 0 Å². The predicted molar refractivity (Wildman–Crippen MR) is 25.3 cm³/mol. The molecule has 0 N–H and O–H groups in total. The van der Waals surface area contributed by atoms with Gasteiger partial charge in [-0.05, 0) is 6.92 Å². The zero-order chi connectivity index (χ0) is 4.83. The van der Waals surface area contributed by atoms with E-state index < -0.39 is 9.12 Å². The Bertz CT molecular complexity index is 46.1. The average Bonchev–Trinajstić information content (AvgIpc) is 1.61. The molecule has 0 aliphatic heterocycles. The molecule has 0 heterocycles.